The number of aromatic amines is 1. The summed E-state index contributed by atoms with van der Waals surface area (Å²) >= 11 is 0. The van der Waals surface area contributed by atoms with Crippen LogP contribution in [0.5, 0.6) is 0 Å². The third-order valence-corrected chi connectivity index (χ3v) is 3.76. The Morgan fingerprint density at radius 2 is 1.85 bits per heavy atom. The summed E-state index contributed by atoms with van der Waals surface area (Å²) in [5.74, 6) is 0.813. The minimum atomic E-state index is 0.813. The molecule has 20 heavy (non-hydrogen) atoms. The Balaban J connectivity index is 1.40. The average molecular weight is 272 g/mol. The molecule has 1 fully saturated rings. The molecule has 0 spiro atoms. The lowest BCUT2D eigenvalue weighted by Crippen LogP contribution is -2.46. The summed E-state index contributed by atoms with van der Waals surface area (Å²) in [6.07, 6.45) is 1.99. The van der Waals surface area contributed by atoms with Crippen LogP contribution in [0.3, 0.4) is 0 Å². The molecule has 3 rings (SSSR count). The number of nitrogens with zero attached hydrogens (tertiary/aromatic N) is 5. The number of rotatable bonds is 5. The monoisotopic (exact) mass is 272 g/mol. The van der Waals surface area contributed by atoms with Crippen LogP contribution >= 0.6 is 0 Å². The molecule has 0 amide bonds. The Morgan fingerprint density at radius 1 is 1.05 bits per heavy atom. The van der Waals surface area contributed by atoms with Gasteiger partial charge in [0.1, 0.15) is 0 Å². The molecule has 1 aliphatic rings. The van der Waals surface area contributed by atoms with E-state index in [9.17, 15) is 0 Å². The number of nitrogens with one attached hydrogen (secondary N) is 1. The zero-order valence-electron chi connectivity index (χ0n) is 11.6. The predicted octanol–water partition coefficient (Wildman–Crippen LogP) is 0.954. The number of aryl methyl sites for hydroxylation is 1. The van der Waals surface area contributed by atoms with E-state index in [1.54, 1.807) is 0 Å². The van der Waals surface area contributed by atoms with Gasteiger partial charge in [-0.05, 0) is 25.1 Å². The number of para-hydroxylation sites is 1. The molecule has 0 bridgehead atoms. The number of hydrogen-bond acceptors (Lipinski definition) is 5. The van der Waals surface area contributed by atoms with Crippen LogP contribution in [0.2, 0.25) is 0 Å². The third kappa shape index (κ3) is 3.33. The Bertz CT molecular complexity index is 490. The highest BCUT2D eigenvalue weighted by Gasteiger charge is 2.16. The minimum Gasteiger partial charge on any atom is -0.369 e. The van der Waals surface area contributed by atoms with Crippen LogP contribution in [-0.2, 0) is 6.42 Å². The maximum atomic E-state index is 3.98. The van der Waals surface area contributed by atoms with Gasteiger partial charge in [-0.25, -0.2) is 0 Å². The Hall–Kier alpha value is -1.95. The van der Waals surface area contributed by atoms with Crippen molar-refractivity contribution in [3.8, 4) is 0 Å². The quantitative estimate of drug-likeness (QED) is 0.878. The normalized spacial score (nSPS) is 16.5. The van der Waals surface area contributed by atoms with E-state index < -0.39 is 0 Å². The number of H-pyrrole nitrogens is 1. The SMILES string of the molecule is c1ccc(N2CCN(CCCc3nn[nH]n3)CC2)cc1. The second-order valence-corrected chi connectivity index (χ2v) is 5.10. The van der Waals surface area contributed by atoms with Gasteiger partial charge in [0.2, 0.25) is 0 Å². The summed E-state index contributed by atoms with van der Waals surface area (Å²) in [5.41, 5.74) is 1.33. The predicted molar refractivity (Wildman–Crippen MR) is 77.6 cm³/mol. The summed E-state index contributed by atoms with van der Waals surface area (Å²) in [6.45, 7) is 5.57. The molecule has 1 aliphatic heterocycles. The van der Waals surface area contributed by atoms with Gasteiger partial charge < -0.3 is 4.90 Å². The van der Waals surface area contributed by atoms with Gasteiger partial charge in [0.15, 0.2) is 5.82 Å². The lowest BCUT2D eigenvalue weighted by Gasteiger charge is -2.36. The largest absolute Gasteiger partial charge is 0.369 e. The maximum absolute atomic E-state index is 3.98. The second-order valence-electron chi connectivity index (χ2n) is 5.10. The summed E-state index contributed by atoms with van der Waals surface area (Å²) in [4.78, 5) is 4.97. The van der Waals surface area contributed by atoms with Crippen molar-refractivity contribution in [2.45, 2.75) is 12.8 Å². The third-order valence-electron chi connectivity index (χ3n) is 3.76. The fourth-order valence-corrected chi connectivity index (χ4v) is 2.62. The molecule has 6 heteroatoms. The number of hydrogen-bond donors (Lipinski definition) is 1. The Morgan fingerprint density at radius 3 is 2.55 bits per heavy atom. The van der Waals surface area contributed by atoms with Gasteiger partial charge in [-0.3, -0.25) is 4.90 Å². The highest BCUT2D eigenvalue weighted by Crippen LogP contribution is 2.15. The topological polar surface area (TPSA) is 60.9 Å². The average Bonchev–Trinajstić information content (AvgIpc) is 3.02. The van der Waals surface area contributed by atoms with Crippen LogP contribution in [0, 0.1) is 0 Å². The van der Waals surface area contributed by atoms with Gasteiger partial charge in [-0.1, -0.05) is 23.4 Å². The van der Waals surface area contributed by atoms with Crippen molar-refractivity contribution in [1.82, 2.24) is 25.5 Å². The highest BCUT2D eigenvalue weighted by atomic mass is 15.5. The Kier molecular flexibility index (Phi) is 4.22. The van der Waals surface area contributed by atoms with Crippen molar-refractivity contribution < 1.29 is 0 Å². The summed E-state index contributed by atoms with van der Waals surface area (Å²) in [5, 5.41) is 14.0. The van der Waals surface area contributed by atoms with Crippen LogP contribution in [0.1, 0.15) is 12.2 Å². The minimum absolute atomic E-state index is 0.813. The molecule has 1 aromatic heterocycles. The van der Waals surface area contributed by atoms with Gasteiger partial charge in [0.25, 0.3) is 0 Å². The lowest BCUT2D eigenvalue weighted by molar-refractivity contribution is 0.254. The molecule has 1 saturated heterocycles. The van der Waals surface area contributed by atoms with Crippen molar-refractivity contribution in [1.29, 1.82) is 0 Å². The maximum Gasteiger partial charge on any atom is 0.174 e. The first-order chi connectivity index (χ1) is 9.92. The first kappa shape index (κ1) is 13.1. The van der Waals surface area contributed by atoms with E-state index in [0.717, 1.165) is 51.4 Å². The van der Waals surface area contributed by atoms with Crippen molar-refractivity contribution >= 4 is 5.69 Å². The molecule has 1 N–H and O–H groups in total. The van der Waals surface area contributed by atoms with Gasteiger partial charge in [-0.2, -0.15) is 5.21 Å². The molecule has 1 aromatic carbocycles. The van der Waals surface area contributed by atoms with Crippen molar-refractivity contribution in [3.05, 3.63) is 36.2 Å². The van der Waals surface area contributed by atoms with Crippen LogP contribution in [0.25, 0.3) is 0 Å². The van der Waals surface area contributed by atoms with E-state index in [4.69, 9.17) is 0 Å². The van der Waals surface area contributed by atoms with Gasteiger partial charge in [0, 0.05) is 38.3 Å². The van der Waals surface area contributed by atoms with Crippen molar-refractivity contribution in [3.63, 3.8) is 0 Å². The molecular weight excluding hydrogens is 252 g/mol. The molecule has 2 heterocycles. The van der Waals surface area contributed by atoms with Crippen LogP contribution in [0.4, 0.5) is 5.69 Å². The van der Waals surface area contributed by atoms with Crippen molar-refractivity contribution in [2.75, 3.05) is 37.6 Å². The van der Waals surface area contributed by atoms with E-state index in [2.05, 4.69) is 60.8 Å². The molecule has 106 valence electrons. The zero-order valence-corrected chi connectivity index (χ0v) is 11.6. The van der Waals surface area contributed by atoms with Crippen LogP contribution in [-0.4, -0.2) is 58.2 Å². The molecule has 0 aliphatic carbocycles. The fraction of sp³-hybridized carbons (Fsp3) is 0.500. The molecule has 0 unspecified atom stereocenters. The number of tetrazole rings is 1. The highest BCUT2D eigenvalue weighted by molar-refractivity contribution is 5.46. The molecule has 0 radical (unpaired) electrons. The number of piperazine rings is 1. The van der Waals surface area contributed by atoms with E-state index in [0.29, 0.717) is 0 Å². The summed E-state index contributed by atoms with van der Waals surface area (Å²) in [6, 6.07) is 10.6. The first-order valence-corrected chi connectivity index (χ1v) is 7.16. The molecule has 0 saturated carbocycles. The Labute approximate surface area is 118 Å². The smallest absolute Gasteiger partial charge is 0.174 e. The molecule has 2 aromatic rings. The van der Waals surface area contributed by atoms with E-state index in [1.165, 1.54) is 5.69 Å². The van der Waals surface area contributed by atoms with Gasteiger partial charge in [-0.15, -0.1) is 10.2 Å². The first-order valence-electron chi connectivity index (χ1n) is 7.16. The summed E-state index contributed by atoms with van der Waals surface area (Å²) in [7, 11) is 0. The lowest BCUT2D eigenvalue weighted by atomic mass is 10.2. The van der Waals surface area contributed by atoms with Gasteiger partial charge in [0.05, 0.1) is 0 Å². The number of anilines is 1. The summed E-state index contributed by atoms with van der Waals surface area (Å²) < 4.78 is 0. The van der Waals surface area contributed by atoms with Gasteiger partial charge >= 0.3 is 0 Å². The van der Waals surface area contributed by atoms with Crippen LogP contribution in [0.15, 0.2) is 30.3 Å². The molecule has 0 atom stereocenters. The van der Waals surface area contributed by atoms with E-state index >= 15 is 0 Å². The van der Waals surface area contributed by atoms with E-state index in [-0.39, 0.29) is 0 Å². The fourth-order valence-electron chi connectivity index (χ4n) is 2.62. The standard InChI is InChI=1S/C14H20N6/c1-2-5-13(6-3-1)20-11-9-19(10-12-20)8-4-7-14-15-17-18-16-14/h1-3,5-6H,4,7-12H2,(H,15,16,17,18). The molecular formula is C14H20N6. The zero-order chi connectivity index (χ0) is 13.6. The van der Waals surface area contributed by atoms with Crippen molar-refractivity contribution in [2.24, 2.45) is 0 Å². The van der Waals surface area contributed by atoms with E-state index in [1.807, 2.05) is 0 Å². The second kappa shape index (κ2) is 6.47. The number of benzene rings is 1. The molecule has 6 nitrogen and oxygen atoms in total. The van der Waals surface area contributed by atoms with Crippen LogP contribution < -0.4 is 4.90 Å². The number of aromatic nitrogens is 4.